The van der Waals surface area contributed by atoms with E-state index in [-0.39, 0.29) is 11.9 Å². The second-order valence-corrected chi connectivity index (χ2v) is 5.70. The molecular formula is C22H21NO3. The average Bonchev–Trinajstić information content (AvgIpc) is 3.21. The molecular weight excluding hydrogens is 326 g/mol. The lowest BCUT2D eigenvalue weighted by atomic mass is 10.0. The number of furan rings is 1. The molecule has 2 aromatic carbocycles. The maximum absolute atomic E-state index is 12.4. The molecule has 0 saturated heterocycles. The van der Waals surface area contributed by atoms with Crippen LogP contribution in [0.3, 0.4) is 0 Å². The van der Waals surface area contributed by atoms with Crippen molar-refractivity contribution < 1.29 is 13.9 Å². The highest BCUT2D eigenvalue weighted by molar-refractivity contribution is 5.92. The molecule has 26 heavy (non-hydrogen) atoms. The first-order valence-electron chi connectivity index (χ1n) is 8.56. The molecule has 0 bridgehead atoms. The first-order chi connectivity index (χ1) is 12.8. The van der Waals surface area contributed by atoms with E-state index in [4.69, 9.17) is 9.15 Å². The van der Waals surface area contributed by atoms with Crippen LogP contribution in [0.4, 0.5) is 0 Å². The Morgan fingerprint density at radius 2 is 1.85 bits per heavy atom. The van der Waals surface area contributed by atoms with Gasteiger partial charge in [-0.05, 0) is 48.4 Å². The van der Waals surface area contributed by atoms with Gasteiger partial charge >= 0.3 is 0 Å². The molecule has 1 amide bonds. The van der Waals surface area contributed by atoms with Crippen molar-refractivity contribution in [2.75, 3.05) is 6.61 Å². The third-order valence-corrected chi connectivity index (χ3v) is 3.87. The zero-order valence-corrected chi connectivity index (χ0v) is 14.6. The Kier molecular flexibility index (Phi) is 5.88. The van der Waals surface area contributed by atoms with Crippen LogP contribution in [0.15, 0.2) is 83.5 Å². The summed E-state index contributed by atoms with van der Waals surface area (Å²) >= 11 is 0. The number of amides is 1. The van der Waals surface area contributed by atoms with E-state index in [0.717, 1.165) is 16.9 Å². The molecule has 3 aromatic rings. The molecule has 1 atom stereocenters. The van der Waals surface area contributed by atoms with E-state index in [1.54, 1.807) is 12.3 Å². The smallest absolute Gasteiger partial charge is 0.244 e. The molecule has 4 nitrogen and oxygen atoms in total. The van der Waals surface area contributed by atoms with Crippen molar-refractivity contribution in [2.24, 2.45) is 0 Å². The van der Waals surface area contributed by atoms with Gasteiger partial charge in [-0.25, -0.2) is 0 Å². The summed E-state index contributed by atoms with van der Waals surface area (Å²) in [5.41, 5.74) is 1.89. The Hall–Kier alpha value is -3.27. The van der Waals surface area contributed by atoms with Crippen LogP contribution in [0.5, 0.6) is 5.75 Å². The largest absolute Gasteiger partial charge is 0.494 e. The number of carbonyl (C=O) groups excluding carboxylic acids is 1. The Bertz CT molecular complexity index is 837. The summed E-state index contributed by atoms with van der Waals surface area (Å²) in [6.07, 6.45) is 4.90. The number of hydrogen-bond acceptors (Lipinski definition) is 3. The summed E-state index contributed by atoms with van der Waals surface area (Å²) in [5, 5.41) is 2.99. The SMILES string of the molecule is CCOc1ccc(/C=C/C(=O)NC(c2ccccc2)c2ccco2)cc1. The van der Waals surface area contributed by atoms with E-state index < -0.39 is 0 Å². The normalized spacial score (nSPS) is 12.0. The van der Waals surface area contributed by atoms with Crippen molar-refractivity contribution in [2.45, 2.75) is 13.0 Å². The molecule has 3 rings (SSSR count). The molecule has 0 aliphatic heterocycles. The monoisotopic (exact) mass is 347 g/mol. The predicted molar refractivity (Wildman–Crippen MR) is 102 cm³/mol. The molecule has 1 N–H and O–H groups in total. The van der Waals surface area contributed by atoms with Crippen LogP contribution in [0.1, 0.15) is 29.9 Å². The molecule has 132 valence electrons. The number of benzene rings is 2. The number of ether oxygens (including phenoxy) is 1. The Balaban J connectivity index is 1.70. The average molecular weight is 347 g/mol. The quantitative estimate of drug-likeness (QED) is 0.636. The topological polar surface area (TPSA) is 51.5 Å². The van der Waals surface area contributed by atoms with Gasteiger partial charge in [0, 0.05) is 6.08 Å². The molecule has 1 aromatic heterocycles. The summed E-state index contributed by atoms with van der Waals surface area (Å²) in [5.74, 6) is 1.32. The summed E-state index contributed by atoms with van der Waals surface area (Å²) in [4.78, 5) is 12.4. The lowest BCUT2D eigenvalue weighted by molar-refractivity contribution is -0.117. The van der Waals surface area contributed by atoms with Crippen molar-refractivity contribution >= 4 is 12.0 Å². The number of nitrogens with one attached hydrogen (secondary N) is 1. The van der Waals surface area contributed by atoms with Crippen LogP contribution in [-0.4, -0.2) is 12.5 Å². The highest BCUT2D eigenvalue weighted by Gasteiger charge is 2.17. The maximum atomic E-state index is 12.4. The zero-order chi connectivity index (χ0) is 18.2. The van der Waals surface area contributed by atoms with Gasteiger partial charge in [-0.2, -0.15) is 0 Å². The van der Waals surface area contributed by atoms with Crippen molar-refractivity contribution in [1.29, 1.82) is 0 Å². The lowest BCUT2D eigenvalue weighted by Gasteiger charge is -2.16. The van der Waals surface area contributed by atoms with Gasteiger partial charge in [0.15, 0.2) is 0 Å². The van der Waals surface area contributed by atoms with Crippen LogP contribution in [-0.2, 0) is 4.79 Å². The third-order valence-electron chi connectivity index (χ3n) is 3.87. The minimum Gasteiger partial charge on any atom is -0.494 e. The molecule has 0 saturated carbocycles. The van der Waals surface area contributed by atoms with Crippen LogP contribution < -0.4 is 10.1 Å². The summed E-state index contributed by atoms with van der Waals surface area (Å²) in [6.45, 7) is 2.57. The van der Waals surface area contributed by atoms with Gasteiger partial charge < -0.3 is 14.5 Å². The molecule has 1 unspecified atom stereocenters. The van der Waals surface area contributed by atoms with E-state index >= 15 is 0 Å². The highest BCUT2D eigenvalue weighted by atomic mass is 16.5. The second kappa shape index (κ2) is 8.72. The number of rotatable bonds is 7. The van der Waals surface area contributed by atoms with Gasteiger partial charge in [0.2, 0.25) is 5.91 Å². The minimum atomic E-state index is -0.330. The molecule has 4 heteroatoms. The second-order valence-electron chi connectivity index (χ2n) is 5.70. The standard InChI is InChI=1S/C22H21NO3/c1-2-25-19-13-10-17(11-14-19)12-15-21(24)23-22(20-9-6-16-26-20)18-7-4-3-5-8-18/h3-16,22H,2H2,1H3,(H,23,24)/b15-12+. The Morgan fingerprint density at radius 1 is 1.08 bits per heavy atom. The molecule has 0 aliphatic carbocycles. The van der Waals surface area contributed by atoms with E-state index in [2.05, 4.69) is 5.32 Å². The van der Waals surface area contributed by atoms with Crippen molar-refractivity contribution in [1.82, 2.24) is 5.32 Å². The van der Waals surface area contributed by atoms with Crippen molar-refractivity contribution in [3.63, 3.8) is 0 Å². The van der Waals surface area contributed by atoms with E-state index in [1.165, 1.54) is 6.08 Å². The first kappa shape index (κ1) is 17.5. The fourth-order valence-corrected chi connectivity index (χ4v) is 2.62. The van der Waals surface area contributed by atoms with Crippen LogP contribution in [0.25, 0.3) is 6.08 Å². The van der Waals surface area contributed by atoms with Gasteiger partial charge in [-0.3, -0.25) is 4.79 Å². The molecule has 0 radical (unpaired) electrons. The molecule has 1 heterocycles. The maximum Gasteiger partial charge on any atom is 0.244 e. The van der Waals surface area contributed by atoms with E-state index in [9.17, 15) is 4.79 Å². The summed E-state index contributed by atoms with van der Waals surface area (Å²) in [6, 6.07) is 20.7. The first-order valence-corrected chi connectivity index (χ1v) is 8.56. The van der Waals surface area contributed by atoms with Crippen LogP contribution in [0, 0.1) is 0 Å². The van der Waals surface area contributed by atoms with Crippen molar-refractivity contribution in [3.05, 3.63) is 96.0 Å². The van der Waals surface area contributed by atoms with E-state index in [1.807, 2.05) is 73.7 Å². The molecule has 0 fully saturated rings. The van der Waals surface area contributed by atoms with Crippen LogP contribution >= 0.6 is 0 Å². The van der Waals surface area contributed by atoms with Gasteiger partial charge in [-0.15, -0.1) is 0 Å². The zero-order valence-electron chi connectivity index (χ0n) is 14.6. The fourth-order valence-electron chi connectivity index (χ4n) is 2.62. The minimum absolute atomic E-state index is 0.191. The summed E-state index contributed by atoms with van der Waals surface area (Å²) in [7, 11) is 0. The predicted octanol–water partition coefficient (Wildman–Crippen LogP) is 4.60. The van der Waals surface area contributed by atoms with Gasteiger partial charge in [0.05, 0.1) is 12.9 Å². The highest BCUT2D eigenvalue weighted by Crippen LogP contribution is 2.22. The van der Waals surface area contributed by atoms with Crippen molar-refractivity contribution in [3.8, 4) is 5.75 Å². The Labute approximate surface area is 153 Å². The number of carbonyl (C=O) groups is 1. The summed E-state index contributed by atoms with van der Waals surface area (Å²) < 4.78 is 10.9. The van der Waals surface area contributed by atoms with Crippen LogP contribution in [0.2, 0.25) is 0 Å². The number of hydrogen-bond donors (Lipinski definition) is 1. The Morgan fingerprint density at radius 3 is 2.50 bits per heavy atom. The van der Waals surface area contributed by atoms with E-state index in [0.29, 0.717) is 12.4 Å². The molecule has 0 aliphatic rings. The third kappa shape index (κ3) is 4.63. The van der Waals surface area contributed by atoms with Gasteiger partial charge in [-0.1, -0.05) is 42.5 Å². The fraction of sp³-hybridized carbons (Fsp3) is 0.136. The molecule has 0 spiro atoms. The van der Waals surface area contributed by atoms with Gasteiger partial charge in [0.1, 0.15) is 17.6 Å². The van der Waals surface area contributed by atoms with Gasteiger partial charge in [0.25, 0.3) is 0 Å². The lowest BCUT2D eigenvalue weighted by Crippen LogP contribution is -2.27.